The summed E-state index contributed by atoms with van der Waals surface area (Å²) in [6.07, 6.45) is 0.246. The van der Waals surface area contributed by atoms with Crippen molar-refractivity contribution in [3.63, 3.8) is 0 Å². The number of rotatable bonds is 3. The number of hydrogen-bond donors (Lipinski definition) is 1. The second kappa shape index (κ2) is 5.54. The number of β-amino-alcohol motifs (C(OH)–C–C–N with tert-alkyl or cyclic N) is 1. The molecular weight excluding hydrogens is 268 g/mol. The van der Waals surface area contributed by atoms with E-state index in [1.165, 1.54) is 0 Å². The smallest absolute Gasteiger partial charge is 0.293 e. The highest BCUT2D eigenvalue weighted by Gasteiger charge is 2.26. The second-order valence-corrected chi connectivity index (χ2v) is 5.22. The highest BCUT2D eigenvalue weighted by Crippen LogP contribution is 2.34. The normalized spacial score (nSPS) is 18.0. The number of aliphatic hydroxyl groups is 1. The van der Waals surface area contributed by atoms with Crippen LogP contribution in [0.2, 0.25) is 0 Å². The van der Waals surface area contributed by atoms with Gasteiger partial charge in [-0.25, -0.2) is 0 Å². The fraction of sp³-hybridized carbons (Fsp3) is 0.250. The number of nitro groups is 1. The third-order valence-corrected chi connectivity index (χ3v) is 3.78. The minimum Gasteiger partial charge on any atom is -0.391 e. The Morgan fingerprint density at radius 3 is 2.52 bits per heavy atom. The molecule has 0 radical (unpaired) electrons. The molecule has 0 saturated carbocycles. The topological polar surface area (TPSA) is 66.6 Å². The lowest BCUT2D eigenvalue weighted by atomic mass is 10.0. The van der Waals surface area contributed by atoms with Gasteiger partial charge >= 0.3 is 0 Å². The van der Waals surface area contributed by atoms with E-state index >= 15 is 0 Å². The Kier molecular flexibility index (Phi) is 3.58. The standard InChI is InChI=1S/C16H16N2O3/c19-14-8-9-17(11-14)15-7-6-13(10-16(15)18(20)21)12-4-2-1-3-5-12/h1-7,10,14,19H,8-9,11H2/t14-/m0/s1. The molecule has 1 aliphatic rings. The maximum atomic E-state index is 11.4. The van der Waals surface area contributed by atoms with Gasteiger partial charge in [0.05, 0.1) is 11.0 Å². The molecule has 1 atom stereocenters. The SMILES string of the molecule is O=[N+]([O-])c1cc(-c2ccccc2)ccc1N1CC[C@H](O)C1. The van der Waals surface area contributed by atoms with Gasteiger partial charge in [0.25, 0.3) is 5.69 Å². The lowest BCUT2D eigenvalue weighted by Crippen LogP contribution is -2.22. The van der Waals surface area contributed by atoms with Crippen molar-refractivity contribution in [1.82, 2.24) is 0 Å². The van der Waals surface area contributed by atoms with Crippen LogP contribution < -0.4 is 4.90 Å². The molecule has 0 spiro atoms. The van der Waals surface area contributed by atoms with Gasteiger partial charge in [0.2, 0.25) is 0 Å². The molecule has 1 heterocycles. The van der Waals surface area contributed by atoms with Crippen molar-refractivity contribution in [3.05, 3.63) is 58.6 Å². The number of aliphatic hydroxyl groups excluding tert-OH is 1. The third-order valence-electron chi connectivity index (χ3n) is 3.78. The zero-order chi connectivity index (χ0) is 14.8. The van der Waals surface area contributed by atoms with E-state index in [2.05, 4.69) is 0 Å². The predicted octanol–water partition coefficient (Wildman–Crippen LogP) is 2.83. The summed E-state index contributed by atoms with van der Waals surface area (Å²) in [7, 11) is 0. The van der Waals surface area contributed by atoms with Crippen molar-refractivity contribution in [2.24, 2.45) is 0 Å². The van der Waals surface area contributed by atoms with Gasteiger partial charge in [0, 0.05) is 19.2 Å². The molecule has 1 fully saturated rings. The molecule has 0 unspecified atom stereocenters. The Balaban J connectivity index is 2.01. The molecule has 0 aliphatic carbocycles. The van der Waals surface area contributed by atoms with Gasteiger partial charge in [-0.3, -0.25) is 10.1 Å². The van der Waals surface area contributed by atoms with Crippen LogP contribution >= 0.6 is 0 Å². The fourth-order valence-electron chi connectivity index (χ4n) is 2.71. The third kappa shape index (κ3) is 2.73. The van der Waals surface area contributed by atoms with Crippen LogP contribution in [0, 0.1) is 10.1 Å². The number of nitrogens with zero attached hydrogens (tertiary/aromatic N) is 2. The molecule has 5 nitrogen and oxygen atoms in total. The quantitative estimate of drug-likeness (QED) is 0.695. The second-order valence-electron chi connectivity index (χ2n) is 5.22. The van der Waals surface area contributed by atoms with Gasteiger partial charge in [-0.05, 0) is 23.6 Å². The van der Waals surface area contributed by atoms with Crippen LogP contribution in [0.25, 0.3) is 11.1 Å². The summed E-state index contributed by atoms with van der Waals surface area (Å²) in [4.78, 5) is 12.9. The molecule has 0 bridgehead atoms. The van der Waals surface area contributed by atoms with Crippen LogP contribution in [0.5, 0.6) is 0 Å². The molecule has 2 aromatic rings. The molecule has 21 heavy (non-hydrogen) atoms. The van der Waals surface area contributed by atoms with E-state index in [1.807, 2.05) is 41.3 Å². The zero-order valence-corrected chi connectivity index (χ0v) is 11.5. The van der Waals surface area contributed by atoms with Gasteiger partial charge < -0.3 is 10.0 Å². The number of hydrogen-bond acceptors (Lipinski definition) is 4. The van der Waals surface area contributed by atoms with Crippen molar-refractivity contribution < 1.29 is 10.0 Å². The molecule has 3 rings (SSSR count). The Morgan fingerprint density at radius 1 is 1.14 bits per heavy atom. The van der Waals surface area contributed by atoms with E-state index in [-0.39, 0.29) is 10.6 Å². The van der Waals surface area contributed by atoms with Crippen LogP contribution in [0.3, 0.4) is 0 Å². The van der Waals surface area contributed by atoms with Gasteiger partial charge in [-0.1, -0.05) is 36.4 Å². The summed E-state index contributed by atoms with van der Waals surface area (Å²) in [6, 6.07) is 14.9. The Bertz CT molecular complexity index is 658. The van der Waals surface area contributed by atoms with E-state index in [4.69, 9.17) is 0 Å². The molecule has 5 heteroatoms. The van der Waals surface area contributed by atoms with Crippen LogP contribution in [0.15, 0.2) is 48.5 Å². The molecule has 108 valence electrons. The average Bonchev–Trinajstić information content (AvgIpc) is 2.94. The van der Waals surface area contributed by atoms with E-state index in [0.29, 0.717) is 25.2 Å². The highest BCUT2D eigenvalue weighted by atomic mass is 16.6. The van der Waals surface area contributed by atoms with Gasteiger partial charge in [0.15, 0.2) is 0 Å². The fourth-order valence-corrected chi connectivity index (χ4v) is 2.71. The minimum absolute atomic E-state index is 0.0884. The van der Waals surface area contributed by atoms with E-state index < -0.39 is 6.10 Å². The largest absolute Gasteiger partial charge is 0.391 e. The van der Waals surface area contributed by atoms with E-state index in [1.54, 1.807) is 12.1 Å². The molecule has 0 aromatic heterocycles. The Morgan fingerprint density at radius 2 is 1.90 bits per heavy atom. The van der Waals surface area contributed by atoms with Gasteiger partial charge in [0.1, 0.15) is 5.69 Å². The van der Waals surface area contributed by atoms with Crippen molar-refractivity contribution >= 4 is 11.4 Å². The summed E-state index contributed by atoms with van der Waals surface area (Å²) in [5.41, 5.74) is 2.45. The van der Waals surface area contributed by atoms with Crippen LogP contribution in [-0.2, 0) is 0 Å². The average molecular weight is 284 g/mol. The van der Waals surface area contributed by atoms with Crippen molar-refractivity contribution in [1.29, 1.82) is 0 Å². The number of benzene rings is 2. The summed E-state index contributed by atoms with van der Waals surface area (Å²) < 4.78 is 0. The predicted molar refractivity (Wildman–Crippen MR) is 81.4 cm³/mol. The first-order chi connectivity index (χ1) is 10.1. The Hall–Kier alpha value is -2.40. The molecular formula is C16H16N2O3. The summed E-state index contributed by atoms with van der Waals surface area (Å²) in [5.74, 6) is 0. The van der Waals surface area contributed by atoms with Crippen molar-refractivity contribution in [2.75, 3.05) is 18.0 Å². The first-order valence-electron chi connectivity index (χ1n) is 6.92. The first kappa shape index (κ1) is 13.6. The number of nitro benzene ring substituents is 1. The number of anilines is 1. The van der Waals surface area contributed by atoms with Crippen LogP contribution in [0.4, 0.5) is 11.4 Å². The maximum absolute atomic E-state index is 11.4. The molecule has 1 N–H and O–H groups in total. The van der Waals surface area contributed by atoms with Crippen LogP contribution in [0.1, 0.15) is 6.42 Å². The zero-order valence-electron chi connectivity index (χ0n) is 11.5. The molecule has 2 aromatic carbocycles. The van der Waals surface area contributed by atoms with Gasteiger partial charge in [-0.15, -0.1) is 0 Å². The van der Waals surface area contributed by atoms with E-state index in [0.717, 1.165) is 11.1 Å². The van der Waals surface area contributed by atoms with Crippen molar-refractivity contribution in [3.8, 4) is 11.1 Å². The first-order valence-corrected chi connectivity index (χ1v) is 6.92. The van der Waals surface area contributed by atoms with E-state index in [9.17, 15) is 15.2 Å². The monoisotopic (exact) mass is 284 g/mol. The molecule has 1 saturated heterocycles. The highest BCUT2D eigenvalue weighted by molar-refractivity contribution is 5.74. The minimum atomic E-state index is -0.404. The lowest BCUT2D eigenvalue weighted by Gasteiger charge is -2.18. The van der Waals surface area contributed by atoms with Crippen LogP contribution in [-0.4, -0.2) is 29.2 Å². The Labute approximate surface area is 122 Å². The van der Waals surface area contributed by atoms with Gasteiger partial charge in [-0.2, -0.15) is 0 Å². The van der Waals surface area contributed by atoms with Crippen molar-refractivity contribution in [2.45, 2.75) is 12.5 Å². The summed E-state index contributed by atoms with van der Waals surface area (Å²) in [5, 5.41) is 21.0. The molecule has 0 amide bonds. The summed E-state index contributed by atoms with van der Waals surface area (Å²) >= 11 is 0. The molecule has 1 aliphatic heterocycles. The lowest BCUT2D eigenvalue weighted by molar-refractivity contribution is -0.384. The summed E-state index contributed by atoms with van der Waals surface area (Å²) in [6.45, 7) is 1.10. The maximum Gasteiger partial charge on any atom is 0.293 e.